The topological polar surface area (TPSA) is 44.5 Å². The summed E-state index contributed by atoms with van der Waals surface area (Å²) in [6.07, 6.45) is 40.2. The van der Waals surface area contributed by atoms with Gasteiger partial charge in [0.15, 0.2) is 0 Å². The first kappa shape index (κ1) is 37.6. The maximum Gasteiger partial charge on any atom is 0.0930 e. The van der Waals surface area contributed by atoms with Gasteiger partial charge < -0.3 is 15.2 Å². The monoisotopic (exact) mass is 538 g/mol. The van der Waals surface area contributed by atoms with Gasteiger partial charge in [0.2, 0.25) is 0 Å². The van der Waals surface area contributed by atoms with E-state index in [-0.39, 0.29) is 6.10 Å². The van der Waals surface area contributed by atoms with Crippen molar-refractivity contribution in [2.45, 2.75) is 187 Å². The van der Waals surface area contributed by atoms with E-state index in [0.29, 0.717) is 13.2 Å². The van der Waals surface area contributed by atoms with E-state index in [0.717, 1.165) is 26.1 Å². The summed E-state index contributed by atoms with van der Waals surface area (Å²) in [4.78, 5) is 0. The van der Waals surface area contributed by atoms with Crippen molar-refractivity contribution in [1.29, 1.82) is 0 Å². The number of rotatable bonds is 33. The molecule has 0 aromatic carbocycles. The van der Waals surface area contributed by atoms with Crippen molar-refractivity contribution in [1.82, 2.24) is 0 Å². The molecule has 0 saturated carbocycles. The smallest absolute Gasteiger partial charge is 0.0930 e. The minimum absolute atomic E-state index is 0.0665. The van der Waals surface area contributed by atoms with Crippen molar-refractivity contribution in [2.24, 2.45) is 5.73 Å². The normalized spacial score (nSPS) is 12.6. The molecule has 0 fully saturated rings. The molecule has 0 aromatic rings. The number of nitrogens with two attached hydrogens (primary N) is 1. The Morgan fingerprint density at radius 1 is 0.474 bits per heavy atom. The Kier molecular flexibility index (Phi) is 34.3. The predicted octanol–water partition coefficient (Wildman–Crippen LogP) is 11.1. The average molecular weight is 538 g/mol. The lowest BCUT2D eigenvalue weighted by Crippen LogP contribution is -2.29. The van der Waals surface area contributed by atoms with Gasteiger partial charge >= 0.3 is 0 Å². The summed E-state index contributed by atoms with van der Waals surface area (Å²) < 4.78 is 11.8. The number of ether oxygens (including phenoxy) is 2. The fourth-order valence-corrected chi connectivity index (χ4v) is 5.04. The zero-order chi connectivity index (χ0) is 27.6. The van der Waals surface area contributed by atoms with Gasteiger partial charge in [-0.25, -0.2) is 0 Å². The molecule has 3 heteroatoms. The SMILES string of the molecule is CCCCCCCCC=CCCCCCCCCOCC(CN)OCCCCCCCCCCCCCC. The molecule has 0 aliphatic heterocycles. The van der Waals surface area contributed by atoms with Crippen molar-refractivity contribution >= 4 is 0 Å². The third kappa shape index (κ3) is 31.8. The molecule has 0 aliphatic carbocycles. The lowest BCUT2D eigenvalue weighted by atomic mass is 10.1. The Balaban J connectivity index is 3.29. The Bertz CT molecular complexity index is 440. The average Bonchev–Trinajstić information content (AvgIpc) is 2.93. The van der Waals surface area contributed by atoms with Gasteiger partial charge in [0.05, 0.1) is 12.7 Å². The van der Waals surface area contributed by atoms with E-state index in [1.807, 2.05) is 0 Å². The molecule has 0 aliphatic rings. The quantitative estimate of drug-likeness (QED) is 0.0668. The van der Waals surface area contributed by atoms with Gasteiger partial charge in [-0.05, 0) is 38.5 Å². The lowest BCUT2D eigenvalue weighted by molar-refractivity contribution is -0.0136. The summed E-state index contributed by atoms with van der Waals surface area (Å²) >= 11 is 0. The summed E-state index contributed by atoms with van der Waals surface area (Å²) in [5.74, 6) is 0. The van der Waals surface area contributed by atoms with Crippen LogP contribution in [0.4, 0.5) is 0 Å². The maximum absolute atomic E-state index is 5.96. The Morgan fingerprint density at radius 3 is 1.26 bits per heavy atom. The highest BCUT2D eigenvalue weighted by atomic mass is 16.5. The first-order chi connectivity index (χ1) is 18.8. The Morgan fingerprint density at radius 2 is 0.842 bits per heavy atom. The number of hydrogen-bond donors (Lipinski definition) is 1. The summed E-state index contributed by atoms with van der Waals surface area (Å²) in [6.45, 7) is 7.46. The standard InChI is InChI=1S/C35H71NO2/c1-3-5-7-9-11-13-15-17-18-19-20-21-23-25-27-29-31-37-34-35(33-36)38-32-30-28-26-24-22-16-14-12-10-8-6-4-2/h17-18,35H,3-16,19-34,36H2,1-2H3. The molecule has 0 bridgehead atoms. The van der Waals surface area contributed by atoms with Crippen molar-refractivity contribution in [3.05, 3.63) is 12.2 Å². The molecular weight excluding hydrogens is 466 g/mol. The zero-order valence-corrected chi connectivity index (χ0v) is 26.3. The van der Waals surface area contributed by atoms with Crippen LogP contribution in [0.3, 0.4) is 0 Å². The second-order valence-corrected chi connectivity index (χ2v) is 11.6. The molecule has 38 heavy (non-hydrogen) atoms. The molecule has 0 saturated heterocycles. The van der Waals surface area contributed by atoms with Crippen LogP contribution in [-0.2, 0) is 9.47 Å². The second kappa shape index (κ2) is 34.6. The molecule has 0 aromatic heterocycles. The number of hydrogen-bond acceptors (Lipinski definition) is 3. The molecule has 1 unspecified atom stereocenters. The molecule has 2 N–H and O–H groups in total. The third-order valence-electron chi connectivity index (χ3n) is 7.72. The highest BCUT2D eigenvalue weighted by Gasteiger charge is 2.06. The molecule has 3 nitrogen and oxygen atoms in total. The van der Waals surface area contributed by atoms with Crippen LogP contribution < -0.4 is 5.73 Å². The largest absolute Gasteiger partial charge is 0.379 e. The molecule has 1 atom stereocenters. The highest BCUT2D eigenvalue weighted by Crippen LogP contribution is 2.13. The van der Waals surface area contributed by atoms with Crippen LogP contribution in [0.25, 0.3) is 0 Å². The van der Waals surface area contributed by atoms with Crippen molar-refractivity contribution in [3.63, 3.8) is 0 Å². The van der Waals surface area contributed by atoms with Crippen LogP contribution in [0.15, 0.2) is 12.2 Å². The third-order valence-corrected chi connectivity index (χ3v) is 7.72. The van der Waals surface area contributed by atoms with E-state index >= 15 is 0 Å². The van der Waals surface area contributed by atoms with E-state index < -0.39 is 0 Å². The molecule has 0 amide bonds. The van der Waals surface area contributed by atoms with E-state index in [1.54, 1.807) is 0 Å². The van der Waals surface area contributed by atoms with Crippen LogP contribution in [0, 0.1) is 0 Å². The number of unbranched alkanes of at least 4 members (excludes halogenated alkanes) is 23. The first-order valence-electron chi connectivity index (χ1n) is 17.4. The van der Waals surface area contributed by atoms with E-state index in [4.69, 9.17) is 15.2 Å². The van der Waals surface area contributed by atoms with Crippen molar-refractivity contribution in [3.8, 4) is 0 Å². The Labute approximate surface area is 240 Å². The van der Waals surface area contributed by atoms with Crippen LogP contribution in [0.2, 0.25) is 0 Å². The van der Waals surface area contributed by atoms with Crippen molar-refractivity contribution < 1.29 is 9.47 Å². The number of allylic oxidation sites excluding steroid dienone is 2. The van der Waals surface area contributed by atoms with Crippen LogP contribution in [-0.4, -0.2) is 32.5 Å². The summed E-state index contributed by atoms with van der Waals surface area (Å²) in [5.41, 5.74) is 5.89. The predicted molar refractivity (Wildman–Crippen MR) is 170 cm³/mol. The van der Waals surface area contributed by atoms with Gasteiger partial charge in [-0.15, -0.1) is 0 Å². The van der Waals surface area contributed by atoms with Gasteiger partial charge in [0.25, 0.3) is 0 Å². The van der Waals surface area contributed by atoms with Crippen molar-refractivity contribution in [2.75, 3.05) is 26.4 Å². The van der Waals surface area contributed by atoms with Crippen LogP contribution in [0.5, 0.6) is 0 Å². The molecule has 228 valence electrons. The fraction of sp³-hybridized carbons (Fsp3) is 0.943. The van der Waals surface area contributed by atoms with E-state index in [1.165, 1.54) is 154 Å². The van der Waals surface area contributed by atoms with Crippen LogP contribution in [0.1, 0.15) is 181 Å². The molecule has 0 heterocycles. The van der Waals surface area contributed by atoms with E-state index in [2.05, 4.69) is 26.0 Å². The van der Waals surface area contributed by atoms with Gasteiger partial charge in [-0.3, -0.25) is 0 Å². The van der Waals surface area contributed by atoms with Gasteiger partial charge in [-0.1, -0.05) is 154 Å². The van der Waals surface area contributed by atoms with Crippen LogP contribution >= 0.6 is 0 Å². The van der Waals surface area contributed by atoms with Gasteiger partial charge in [0, 0.05) is 19.8 Å². The van der Waals surface area contributed by atoms with E-state index in [9.17, 15) is 0 Å². The Hall–Kier alpha value is -0.380. The summed E-state index contributed by atoms with van der Waals surface area (Å²) in [7, 11) is 0. The van der Waals surface area contributed by atoms with Gasteiger partial charge in [-0.2, -0.15) is 0 Å². The lowest BCUT2D eigenvalue weighted by Gasteiger charge is -2.16. The second-order valence-electron chi connectivity index (χ2n) is 11.6. The summed E-state index contributed by atoms with van der Waals surface area (Å²) in [5, 5.41) is 0. The molecule has 0 spiro atoms. The minimum Gasteiger partial charge on any atom is -0.379 e. The summed E-state index contributed by atoms with van der Waals surface area (Å²) in [6, 6.07) is 0. The maximum atomic E-state index is 5.96. The highest BCUT2D eigenvalue weighted by molar-refractivity contribution is 4.81. The molecular formula is C35H71NO2. The zero-order valence-electron chi connectivity index (χ0n) is 26.3. The molecule has 0 radical (unpaired) electrons. The minimum atomic E-state index is 0.0665. The fourth-order valence-electron chi connectivity index (χ4n) is 5.04. The molecule has 0 rings (SSSR count). The first-order valence-corrected chi connectivity index (χ1v) is 17.4. The van der Waals surface area contributed by atoms with Gasteiger partial charge in [0.1, 0.15) is 0 Å².